The number of ether oxygens (including phenoxy) is 2. The topological polar surface area (TPSA) is 52.6 Å². The van der Waals surface area contributed by atoms with Crippen LogP contribution in [0.5, 0.6) is 0 Å². The second kappa shape index (κ2) is 8.13. The molecule has 0 spiro atoms. The lowest BCUT2D eigenvalue weighted by Crippen LogP contribution is -2.19. The molecule has 4 nitrogen and oxygen atoms in total. The second-order valence-corrected chi connectivity index (χ2v) is 4.29. The van der Waals surface area contributed by atoms with Crippen molar-refractivity contribution in [3.63, 3.8) is 0 Å². The highest BCUT2D eigenvalue weighted by Crippen LogP contribution is 2.06. The molecule has 0 rings (SSSR count). The van der Waals surface area contributed by atoms with Crippen LogP contribution in [0.15, 0.2) is 0 Å². The number of hydrogen-bond donors (Lipinski definition) is 0. The van der Waals surface area contributed by atoms with Gasteiger partial charge in [-0.25, -0.2) is 0 Å². The zero-order chi connectivity index (χ0) is 12.6. The highest BCUT2D eigenvalue weighted by atomic mass is 16.6. The zero-order valence-corrected chi connectivity index (χ0v) is 10.6. The molecule has 94 valence electrons. The highest BCUT2D eigenvalue weighted by molar-refractivity contribution is 5.91. The van der Waals surface area contributed by atoms with Gasteiger partial charge in [0.25, 0.3) is 0 Å². The van der Waals surface area contributed by atoms with Crippen molar-refractivity contribution < 1.29 is 19.1 Å². The summed E-state index contributed by atoms with van der Waals surface area (Å²) in [5.74, 6) is -0.688. The predicted molar refractivity (Wildman–Crippen MR) is 60.9 cm³/mol. The van der Waals surface area contributed by atoms with Crippen LogP contribution in [0.4, 0.5) is 0 Å². The lowest BCUT2D eigenvalue weighted by molar-refractivity contribution is -0.157. The second-order valence-electron chi connectivity index (χ2n) is 4.29. The maximum Gasteiger partial charge on any atom is 0.317 e. The Balaban J connectivity index is 3.70. The molecule has 0 heterocycles. The van der Waals surface area contributed by atoms with Crippen molar-refractivity contribution in [2.75, 3.05) is 6.61 Å². The molecule has 0 fully saturated rings. The van der Waals surface area contributed by atoms with Crippen LogP contribution in [0.1, 0.15) is 47.0 Å². The molecule has 0 radical (unpaired) electrons. The number of carbonyl (C=O) groups is 2. The van der Waals surface area contributed by atoms with E-state index >= 15 is 0 Å². The standard InChI is InChI=1S/C12H22O4/c1-5-6-10(4)8-15-11(13)7-12(14)16-9(2)3/h9-10H,5-8H2,1-4H3. The average molecular weight is 230 g/mol. The van der Waals surface area contributed by atoms with Crippen LogP contribution in [0, 0.1) is 5.92 Å². The van der Waals surface area contributed by atoms with Crippen molar-refractivity contribution in [3.8, 4) is 0 Å². The third-order valence-electron chi connectivity index (χ3n) is 1.97. The normalized spacial score (nSPS) is 12.3. The fourth-order valence-corrected chi connectivity index (χ4v) is 1.28. The van der Waals surface area contributed by atoms with Gasteiger partial charge in [-0.15, -0.1) is 0 Å². The number of rotatable bonds is 7. The minimum Gasteiger partial charge on any atom is -0.465 e. The zero-order valence-electron chi connectivity index (χ0n) is 10.6. The molecule has 0 N–H and O–H groups in total. The molecule has 0 aliphatic carbocycles. The van der Waals surface area contributed by atoms with Crippen molar-refractivity contribution in [2.24, 2.45) is 5.92 Å². The Morgan fingerprint density at radius 2 is 1.75 bits per heavy atom. The van der Waals surface area contributed by atoms with Gasteiger partial charge in [-0.2, -0.15) is 0 Å². The third-order valence-corrected chi connectivity index (χ3v) is 1.97. The summed E-state index contributed by atoms with van der Waals surface area (Å²) in [4.78, 5) is 22.3. The molecule has 16 heavy (non-hydrogen) atoms. The summed E-state index contributed by atoms with van der Waals surface area (Å²) >= 11 is 0. The summed E-state index contributed by atoms with van der Waals surface area (Å²) in [6.07, 6.45) is 1.59. The minimum atomic E-state index is -0.525. The third kappa shape index (κ3) is 8.26. The van der Waals surface area contributed by atoms with E-state index in [0.717, 1.165) is 12.8 Å². The van der Waals surface area contributed by atoms with E-state index in [2.05, 4.69) is 6.92 Å². The summed E-state index contributed by atoms with van der Waals surface area (Å²) < 4.78 is 9.80. The lowest BCUT2D eigenvalue weighted by Gasteiger charge is -2.11. The molecule has 0 aliphatic heterocycles. The van der Waals surface area contributed by atoms with Crippen LogP contribution in [-0.2, 0) is 19.1 Å². The molecule has 0 saturated heterocycles. The lowest BCUT2D eigenvalue weighted by atomic mass is 10.1. The summed E-state index contributed by atoms with van der Waals surface area (Å²) in [6.45, 7) is 7.96. The summed E-state index contributed by atoms with van der Waals surface area (Å²) in [5.41, 5.74) is 0. The molecular weight excluding hydrogens is 208 g/mol. The van der Waals surface area contributed by atoms with Gasteiger partial charge in [0.1, 0.15) is 6.42 Å². The van der Waals surface area contributed by atoms with Gasteiger partial charge in [-0.3, -0.25) is 9.59 Å². The van der Waals surface area contributed by atoms with Crippen LogP contribution < -0.4 is 0 Å². The number of esters is 2. The SMILES string of the molecule is CCCC(C)COC(=O)CC(=O)OC(C)C. The Hall–Kier alpha value is -1.06. The van der Waals surface area contributed by atoms with E-state index in [4.69, 9.17) is 9.47 Å². The smallest absolute Gasteiger partial charge is 0.317 e. The monoisotopic (exact) mass is 230 g/mol. The van der Waals surface area contributed by atoms with Gasteiger partial charge in [0.2, 0.25) is 0 Å². The quantitative estimate of drug-likeness (QED) is 0.497. The van der Waals surface area contributed by atoms with Crippen LogP contribution in [0.2, 0.25) is 0 Å². The van der Waals surface area contributed by atoms with Gasteiger partial charge < -0.3 is 9.47 Å². The van der Waals surface area contributed by atoms with E-state index in [1.807, 2.05) is 6.92 Å². The molecule has 0 saturated carbocycles. The van der Waals surface area contributed by atoms with Gasteiger partial charge in [-0.05, 0) is 26.2 Å². The van der Waals surface area contributed by atoms with E-state index in [1.54, 1.807) is 13.8 Å². The largest absolute Gasteiger partial charge is 0.465 e. The van der Waals surface area contributed by atoms with Crippen molar-refractivity contribution in [2.45, 2.75) is 53.1 Å². The van der Waals surface area contributed by atoms with Crippen molar-refractivity contribution in [3.05, 3.63) is 0 Å². The summed E-state index contributed by atoms with van der Waals surface area (Å²) in [5, 5.41) is 0. The molecule has 0 aliphatic rings. The van der Waals surface area contributed by atoms with Gasteiger partial charge >= 0.3 is 11.9 Å². The van der Waals surface area contributed by atoms with E-state index in [1.165, 1.54) is 0 Å². The molecule has 1 unspecified atom stereocenters. The fourth-order valence-electron chi connectivity index (χ4n) is 1.28. The van der Waals surface area contributed by atoms with Crippen molar-refractivity contribution in [1.29, 1.82) is 0 Å². The molecule has 0 aromatic rings. The van der Waals surface area contributed by atoms with Gasteiger partial charge in [0.15, 0.2) is 0 Å². The molecule has 0 aromatic carbocycles. The molecule has 0 bridgehead atoms. The molecule has 0 aromatic heterocycles. The first-order chi connectivity index (χ1) is 7.45. The van der Waals surface area contributed by atoms with E-state index in [0.29, 0.717) is 12.5 Å². The average Bonchev–Trinajstić information content (AvgIpc) is 2.13. The maximum atomic E-state index is 11.2. The van der Waals surface area contributed by atoms with Gasteiger partial charge in [0.05, 0.1) is 12.7 Å². The van der Waals surface area contributed by atoms with Gasteiger partial charge in [0, 0.05) is 0 Å². The van der Waals surface area contributed by atoms with Crippen LogP contribution in [0.25, 0.3) is 0 Å². The van der Waals surface area contributed by atoms with E-state index in [9.17, 15) is 9.59 Å². The number of hydrogen-bond acceptors (Lipinski definition) is 4. The first-order valence-electron chi connectivity index (χ1n) is 5.80. The van der Waals surface area contributed by atoms with E-state index in [-0.39, 0.29) is 12.5 Å². The highest BCUT2D eigenvalue weighted by Gasteiger charge is 2.14. The molecular formula is C12H22O4. The maximum absolute atomic E-state index is 11.2. The Labute approximate surface area is 97.3 Å². The minimum absolute atomic E-state index is 0.195. The van der Waals surface area contributed by atoms with Crippen LogP contribution in [0.3, 0.4) is 0 Å². The fraction of sp³-hybridized carbons (Fsp3) is 0.833. The van der Waals surface area contributed by atoms with Crippen molar-refractivity contribution >= 4 is 11.9 Å². The summed E-state index contributed by atoms with van der Waals surface area (Å²) in [6, 6.07) is 0. The first-order valence-corrected chi connectivity index (χ1v) is 5.80. The molecule has 4 heteroatoms. The summed E-state index contributed by atoms with van der Waals surface area (Å²) in [7, 11) is 0. The van der Waals surface area contributed by atoms with Crippen LogP contribution >= 0.6 is 0 Å². The first kappa shape index (κ1) is 14.9. The van der Waals surface area contributed by atoms with E-state index < -0.39 is 11.9 Å². The van der Waals surface area contributed by atoms with Crippen molar-refractivity contribution in [1.82, 2.24) is 0 Å². The predicted octanol–water partition coefficient (Wildman–Crippen LogP) is 2.31. The number of carbonyl (C=O) groups excluding carboxylic acids is 2. The molecule has 1 atom stereocenters. The van der Waals surface area contributed by atoms with Crippen LogP contribution in [-0.4, -0.2) is 24.6 Å². The molecule has 0 amide bonds. The Morgan fingerprint density at radius 3 is 2.25 bits per heavy atom. The Morgan fingerprint density at radius 1 is 1.12 bits per heavy atom. The Bertz CT molecular complexity index is 223. The Kier molecular flexibility index (Phi) is 7.60. The van der Waals surface area contributed by atoms with Gasteiger partial charge in [-0.1, -0.05) is 20.3 Å².